The quantitative estimate of drug-likeness (QED) is 0.742. The van der Waals surface area contributed by atoms with Crippen molar-refractivity contribution in [3.05, 3.63) is 24.3 Å². The standard InChI is InChI=1S/C23H28N2O2S/c26-21(23-12-15-9-16(13-23)11-17(10-15)14-23)25-7-5-18(6-8-25)27-22-24-19-3-1-2-4-20(19)28-22/h1-4,15-18H,5-14H2. The molecule has 1 aromatic carbocycles. The number of likely N-dealkylation sites (tertiary alicyclic amines) is 1. The van der Waals surface area contributed by atoms with Gasteiger partial charge in [0.2, 0.25) is 5.91 Å². The predicted octanol–water partition coefficient (Wildman–Crippen LogP) is 4.88. The van der Waals surface area contributed by atoms with E-state index in [1.165, 1.54) is 43.2 Å². The molecule has 5 fully saturated rings. The molecule has 2 aromatic rings. The fourth-order valence-corrected chi connectivity index (χ4v) is 7.81. The highest BCUT2D eigenvalue weighted by atomic mass is 32.1. The number of hydrogen-bond donors (Lipinski definition) is 0. The smallest absolute Gasteiger partial charge is 0.274 e. The highest BCUT2D eigenvalue weighted by molar-refractivity contribution is 7.20. The SMILES string of the molecule is O=C(N1CCC(Oc2nc3ccccc3s2)CC1)C12CC3CC(CC(C3)C1)C2. The van der Waals surface area contributed by atoms with Gasteiger partial charge >= 0.3 is 0 Å². The van der Waals surface area contributed by atoms with Crippen LogP contribution in [0.3, 0.4) is 0 Å². The van der Waals surface area contributed by atoms with Gasteiger partial charge in [-0.05, 0) is 68.4 Å². The van der Waals surface area contributed by atoms with Gasteiger partial charge in [-0.2, -0.15) is 0 Å². The highest BCUT2D eigenvalue weighted by Gasteiger charge is 2.55. The molecule has 5 aliphatic rings. The Morgan fingerprint density at radius 3 is 2.32 bits per heavy atom. The number of rotatable bonds is 3. The van der Waals surface area contributed by atoms with Crippen LogP contribution in [0.25, 0.3) is 10.2 Å². The Morgan fingerprint density at radius 2 is 1.68 bits per heavy atom. The van der Waals surface area contributed by atoms with Crippen molar-refractivity contribution in [2.45, 2.75) is 57.5 Å². The topological polar surface area (TPSA) is 42.4 Å². The number of carbonyl (C=O) groups is 1. The second kappa shape index (κ2) is 6.45. The maximum Gasteiger partial charge on any atom is 0.274 e. The van der Waals surface area contributed by atoms with Crippen LogP contribution >= 0.6 is 11.3 Å². The van der Waals surface area contributed by atoms with Crippen molar-refractivity contribution >= 4 is 27.5 Å². The van der Waals surface area contributed by atoms with Gasteiger partial charge in [0.25, 0.3) is 5.19 Å². The maximum atomic E-state index is 13.5. The first-order chi connectivity index (χ1) is 13.7. The summed E-state index contributed by atoms with van der Waals surface area (Å²) in [5, 5.41) is 0.770. The van der Waals surface area contributed by atoms with Crippen LogP contribution in [0.2, 0.25) is 0 Å². The molecule has 5 heteroatoms. The summed E-state index contributed by atoms with van der Waals surface area (Å²) in [6.07, 6.45) is 9.71. The average molecular weight is 397 g/mol. The molecule has 4 saturated carbocycles. The highest BCUT2D eigenvalue weighted by Crippen LogP contribution is 2.60. The molecule has 4 bridgehead atoms. The molecular formula is C23H28N2O2S. The number of fused-ring (bicyclic) bond motifs is 1. The fraction of sp³-hybridized carbons (Fsp3) is 0.652. The molecular weight excluding hydrogens is 368 g/mol. The summed E-state index contributed by atoms with van der Waals surface area (Å²) >= 11 is 1.62. The predicted molar refractivity (Wildman–Crippen MR) is 110 cm³/mol. The minimum atomic E-state index is -0.00449. The van der Waals surface area contributed by atoms with Crippen molar-refractivity contribution in [1.29, 1.82) is 0 Å². The van der Waals surface area contributed by atoms with E-state index in [1.54, 1.807) is 11.3 Å². The van der Waals surface area contributed by atoms with E-state index < -0.39 is 0 Å². The molecule has 4 aliphatic carbocycles. The van der Waals surface area contributed by atoms with Gasteiger partial charge in [-0.1, -0.05) is 23.5 Å². The van der Waals surface area contributed by atoms with Crippen molar-refractivity contribution in [3.8, 4) is 5.19 Å². The van der Waals surface area contributed by atoms with E-state index in [4.69, 9.17) is 4.74 Å². The molecule has 0 spiro atoms. The van der Waals surface area contributed by atoms with Crippen LogP contribution in [0.15, 0.2) is 24.3 Å². The third kappa shape index (κ3) is 2.85. The Bertz CT molecular complexity index is 831. The van der Waals surface area contributed by atoms with Crippen LogP contribution in [0.1, 0.15) is 51.4 Å². The van der Waals surface area contributed by atoms with Crippen LogP contribution in [-0.4, -0.2) is 35.0 Å². The number of thiazole rings is 1. The number of amides is 1. The van der Waals surface area contributed by atoms with Crippen LogP contribution in [0, 0.1) is 23.2 Å². The van der Waals surface area contributed by atoms with E-state index in [1.807, 2.05) is 18.2 Å². The third-order valence-electron chi connectivity index (χ3n) is 7.76. The first-order valence-corrected chi connectivity index (χ1v) is 11.8. The zero-order valence-corrected chi connectivity index (χ0v) is 17.1. The summed E-state index contributed by atoms with van der Waals surface area (Å²) < 4.78 is 7.36. The second-order valence-electron chi connectivity index (χ2n) is 9.75. The van der Waals surface area contributed by atoms with Gasteiger partial charge in [-0.15, -0.1) is 0 Å². The van der Waals surface area contributed by atoms with Crippen molar-refractivity contribution in [2.75, 3.05) is 13.1 Å². The number of carbonyl (C=O) groups excluding carboxylic acids is 1. The van der Waals surface area contributed by atoms with Gasteiger partial charge in [-0.3, -0.25) is 4.79 Å². The van der Waals surface area contributed by atoms with Crippen LogP contribution in [0.5, 0.6) is 5.19 Å². The van der Waals surface area contributed by atoms with Gasteiger partial charge in [0.1, 0.15) is 6.10 Å². The molecule has 2 heterocycles. The maximum absolute atomic E-state index is 13.5. The Kier molecular flexibility index (Phi) is 3.97. The number of piperidine rings is 1. The van der Waals surface area contributed by atoms with Crippen molar-refractivity contribution < 1.29 is 9.53 Å². The molecule has 0 radical (unpaired) electrons. The molecule has 0 N–H and O–H groups in total. The molecule has 1 saturated heterocycles. The van der Waals surface area contributed by atoms with Crippen LogP contribution in [-0.2, 0) is 4.79 Å². The number of para-hydroxylation sites is 1. The van der Waals surface area contributed by atoms with E-state index in [0.29, 0.717) is 5.91 Å². The number of ether oxygens (including phenoxy) is 1. The number of benzene rings is 1. The number of aromatic nitrogens is 1. The Morgan fingerprint density at radius 1 is 1.04 bits per heavy atom. The van der Waals surface area contributed by atoms with Crippen LogP contribution in [0.4, 0.5) is 0 Å². The molecule has 28 heavy (non-hydrogen) atoms. The van der Waals surface area contributed by atoms with Gasteiger partial charge < -0.3 is 9.64 Å². The molecule has 1 amide bonds. The lowest BCUT2D eigenvalue weighted by atomic mass is 9.49. The van der Waals surface area contributed by atoms with E-state index in [-0.39, 0.29) is 11.5 Å². The molecule has 1 aliphatic heterocycles. The molecule has 0 unspecified atom stereocenters. The second-order valence-corrected chi connectivity index (χ2v) is 10.7. The summed E-state index contributed by atoms with van der Waals surface area (Å²) in [7, 11) is 0. The number of hydrogen-bond acceptors (Lipinski definition) is 4. The minimum absolute atomic E-state index is 0.00449. The van der Waals surface area contributed by atoms with Crippen molar-refractivity contribution in [3.63, 3.8) is 0 Å². The molecule has 1 aromatic heterocycles. The fourth-order valence-electron chi connectivity index (χ4n) is 6.93. The van der Waals surface area contributed by atoms with Crippen LogP contribution < -0.4 is 4.74 Å². The first kappa shape index (κ1) is 17.3. The summed E-state index contributed by atoms with van der Waals surface area (Å²) in [6.45, 7) is 1.69. The van der Waals surface area contributed by atoms with Crippen molar-refractivity contribution in [2.24, 2.45) is 23.2 Å². The van der Waals surface area contributed by atoms with Gasteiger partial charge in [-0.25, -0.2) is 4.98 Å². The largest absolute Gasteiger partial charge is 0.467 e. The van der Waals surface area contributed by atoms with Gasteiger partial charge in [0, 0.05) is 25.9 Å². The van der Waals surface area contributed by atoms with E-state index in [2.05, 4.69) is 16.0 Å². The average Bonchev–Trinajstić information content (AvgIpc) is 3.09. The Labute approximate surface area is 170 Å². The van der Waals surface area contributed by atoms with Gasteiger partial charge in [0.05, 0.1) is 15.6 Å². The summed E-state index contributed by atoms with van der Waals surface area (Å²) in [4.78, 5) is 20.3. The third-order valence-corrected chi connectivity index (χ3v) is 8.69. The molecule has 7 rings (SSSR count). The normalized spacial score (nSPS) is 34.9. The van der Waals surface area contributed by atoms with Gasteiger partial charge in [0.15, 0.2) is 0 Å². The molecule has 148 valence electrons. The summed E-state index contributed by atoms with van der Waals surface area (Å²) in [5.74, 6) is 2.96. The van der Waals surface area contributed by atoms with Crippen molar-refractivity contribution in [1.82, 2.24) is 9.88 Å². The Balaban J connectivity index is 1.10. The lowest BCUT2D eigenvalue weighted by Crippen LogP contribution is -2.56. The minimum Gasteiger partial charge on any atom is -0.467 e. The summed E-state index contributed by atoms with van der Waals surface area (Å²) in [6, 6.07) is 8.18. The lowest BCUT2D eigenvalue weighted by Gasteiger charge is -2.57. The first-order valence-electron chi connectivity index (χ1n) is 11.0. The summed E-state index contributed by atoms with van der Waals surface area (Å²) in [5.41, 5.74) is 1.01. The van der Waals surface area contributed by atoms with E-state index >= 15 is 0 Å². The lowest BCUT2D eigenvalue weighted by molar-refractivity contribution is -0.159. The number of nitrogens with zero attached hydrogens (tertiary/aromatic N) is 2. The monoisotopic (exact) mass is 396 g/mol. The molecule has 0 atom stereocenters. The van der Waals surface area contributed by atoms with E-state index in [9.17, 15) is 4.79 Å². The van der Waals surface area contributed by atoms with E-state index in [0.717, 1.165) is 54.4 Å². The zero-order valence-electron chi connectivity index (χ0n) is 16.3. The molecule has 4 nitrogen and oxygen atoms in total. The zero-order chi connectivity index (χ0) is 18.7. The Hall–Kier alpha value is -1.62.